The third-order valence-electron chi connectivity index (χ3n) is 4.25. The van der Waals surface area contributed by atoms with Gasteiger partial charge in [0.1, 0.15) is 5.54 Å². The van der Waals surface area contributed by atoms with Crippen LogP contribution in [0, 0.1) is 11.8 Å². The minimum atomic E-state index is -0.565. The molecular formula is C13H25N3O. The zero-order valence-electron chi connectivity index (χ0n) is 11.2. The van der Waals surface area contributed by atoms with Crippen molar-refractivity contribution in [2.75, 3.05) is 19.6 Å². The van der Waals surface area contributed by atoms with E-state index in [1.165, 1.54) is 12.8 Å². The number of carbonyl (C=O) groups is 1. The number of likely N-dealkylation sites (tertiary alicyclic amines) is 1. The molecule has 1 aliphatic carbocycles. The van der Waals surface area contributed by atoms with E-state index >= 15 is 0 Å². The number of amides is 1. The van der Waals surface area contributed by atoms with Gasteiger partial charge in [-0.15, -0.1) is 0 Å². The largest absolute Gasteiger partial charge is 0.368 e. The van der Waals surface area contributed by atoms with Gasteiger partial charge in [0.2, 0.25) is 5.91 Å². The summed E-state index contributed by atoms with van der Waals surface area (Å²) in [6.45, 7) is 9.41. The van der Waals surface area contributed by atoms with Crippen LogP contribution in [0.5, 0.6) is 0 Å². The fourth-order valence-corrected chi connectivity index (χ4v) is 2.70. The topological polar surface area (TPSA) is 58.4 Å². The van der Waals surface area contributed by atoms with E-state index in [-0.39, 0.29) is 5.91 Å². The number of nitrogens with two attached hydrogens (primary N) is 1. The van der Waals surface area contributed by atoms with Gasteiger partial charge in [0.25, 0.3) is 0 Å². The van der Waals surface area contributed by atoms with Gasteiger partial charge in [-0.1, -0.05) is 13.8 Å². The molecule has 3 atom stereocenters. The molecule has 1 saturated carbocycles. The summed E-state index contributed by atoms with van der Waals surface area (Å²) in [6, 6.07) is 0.505. The Bertz CT molecular complexity index is 293. The molecule has 1 aliphatic heterocycles. The van der Waals surface area contributed by atoms with Gasteiger partial charge in [-0.3, -0.25) is 10.1 Å². The molecule has 1 saturated heterocycles. The van der Waals surface area contributed by atoms with E-state index in [1.54, 1.807) is 0 Å². The van der Waals surface area contributed by atoms with E-state index < -0.39 is 5.54 Å². The summed E-state index contributed by atoms with van der Waals surface area (Å²) in [7, 11) is 0. The maximum Gasteiger partial charge on any atom is 0.238 e. The van der Waals surface area contributed by atoms with Crippen molar-refractivity contribution < 1.29 is 4.79 Å². The lowest BCUT2D eigenvalue weighted by molar-refractivity contribution is -0.124. The lowest BCUT2D eigenvalue weighted by Crippen LogP contribution is -2.60. The molecule has 2 aliphatic rings. The molecule has 2 fully saturated rings. The summed E-state index contributed by atoms with van der Waals surface area (Å²) in [5, 5.41) is 3.41. The molecule has 0 spiro atoms. The van der Waals surface area contributed by atoms with E-state index in [4.69, 9.17) is 5.73 Å². The number of nitrogens with one attached hydrogen (secondary N) is 1. The predicted molar refractivity (Wildman–Crippen MR) is 68.5 cm³/mol. The van der Waals surface area contributed by atoms with Crippen molar-refractivity contribution in [3.63, 3.8) is 0 Å². The van der Waals surface area contributed by atoms with E-state index in [2.05, 4.69) is 24.1 Å². The molecule has 4 nitrogen and oxygen atoms in total. The van der Waals surface area contributed by atoms with Gasteiger partial charge in [-0.05, 0) is 31.6 Å². The van der Waals surface area contributed by atoms with Crippen molar-refractivity contribution in [3.05, 3.63) is 0 Å². The zero-order chi connectivity index (χ0) is 12.6. The third kappa shape index (κ3) is 2.99. The van der Waals surface area contributed by atoms with Gasteiger partial charge in [-0.25, -0.2) is 0 Å². The van der Waals surface area contributed by atoms with Crippen molar-refractivity contribution >= 4 is 5.91 Å². The number of nitrogens with zero attached hydrogens (tertiary/aromatic N) is 1. The summed E-state index contributed by atoms with van der Waals surface area (Å²) in [5.41, 5.74) is 5.00. The second-order valence-electron chi connectivity index (χ2n) is 6.26. The number of rotatable bonds is 5. The van der Waals surface area contributed by atoms with Gasteiger partial charge in [0, 0.05) is 25.7 Å². The van der Waals surface area contributed by atoms with Crippen molar-refractivity contribution in [2.45, 2.75) is 45.2 Å². The molecule has 1 heterocycles. The molecule has 0 bridgehead atoms. The predicted octanol–water partition coefficient (Wildman–Crippen LogP) is 0.570. The molecule has 98 valence electrons. The number of carbonyl (C=O) groups excluding carboxylic acids is 1. The first-order chi connectivity index (χ1) is 7.90. The van der Waals surface area contributed by atoms with Gasteiger partial charge in [-0.2, -0.15) is 0 Å². The van der Waals surface area contributed by atoms with Crippen LogP contribution in [-0.2, 0) is 4.79 Å². The Labute approximate surface area is 104 Å². The summed E-state index contributed by atoms with van der Waals surface area (Å²) in [6.07, 6.45) is 2.35. The molecule has 0 aromatic rings. The Morgan fingerprint density at radius 1 is 1.35 bits per heavy atom. The first kappa shape index (κ1) is 12.8. The maximum absolute atomic E-state index is 11.7. The monoisotopic (exact) mass is 239 g/mol. The molecule has 3 unspecified atom stereocenters. The normalized spacial score (nSPS) is 33.6. The molecule has 17 heavy (non-hydrogen) atoms. The molecule has 2 rings (SSSR count). The van der Waals surface area contributed by atoms with Crippen LogP contribution < -0.4 is 11.1 Å². The summed E-state index contributed by atoms with van der Waals surface area (Å²) in [4.78, 5) is 14.0. The highest BCUT2D eigenvalue weighted by Gasteiger charge is 2.40. The second-order valence-corrected chi connectivity index (χ2v) is 6.26. The Morgan fingerprint density at radius 3 is 2.29 bits per heavy atom. The van der Waals surface area contributed by atoms with Gasteiger partial charge >= 0.3 is 0 Å². The highest BCUT2D eigenvalue weighted by molar-refractivity contribution is 5.84. The van der Waals surface area contributed by atoms with Crippen molar-refractivity contribution in [1.29, 1.82) is 0 Å². The first-order valence-electron chi connectivity index (χ1n) is 6.70. The number of hydrogen-bond donors (Lipinski definition) is 2. The van der Waals surface area contributed by atoms with Crippen molar-refractivity contribution in [3.8, 4) is 0 Å². The third-order valence-corrected chi connectivity index (χ3v) is 4.25. The van der Waals surface area contributed by atoms with Crippen LogP contribution in [0.3, 0.4) is 0 Å². The Hall–Kier alpha value is -0.610. The SMILES string of the molecule is CC1CN(CC(C)(NC2CC2)C(N)=O)CC1C. The summed E-state index contributed by atoms with van der Waals surface area (Å²) >= 11 is 0. The van der Waals surface area contributed by atoms with E-state index in [9.17, 15) is 4.79 Å². The average molecular weight is 239 g/mol. The van der Waals surface area contributed by atoms with Crippen LogP contribution in [0.15, 0.2) is 0 Å². The second kappa shape index (κ2) is 4.58. The molecule has 3 N–H and O–H groups in total. The average Bonchev–Trinajstić information content (AvgIpc) is 2.95. The van der Waals surface area contributed by atoms with Gasteiger partial charge in [0.05, 0.1) is 0 Å². The molecular weight excluding hydrogens is 214 g/mol. The minimum absolute atomic E-state index is 0.225. The first-order valence-corrected chi connectivity index (χ1v) is 6.70. The van der Waals surface area contributed by atoms with Crippen molar-refractivity contribution in [2.24, 2.45) is 17.6 Å². The highest BCUT2D eigenvalue weighted by atomic mass is 16.1. The van der Waals surface area contributed by atoms with Crippen LogP contribution in [0.4, 0.5) is 0 Å². The fraction of sp³-hybridized carbons (Fsp3) is 0.923. The quantitative estimate of drug-likeness (QED) is 0.737. The van der Waals surface area contributed by atoms with E-state index in [1.807, 2.05) is 6.92 Å². The number of hydrogen-bond acceptors (Lipinski definition) is 3. The van der Waals surface area contributed by atoms with E-state index in [0.717, 1.165) is 19.6 Å². The van der Waals surface area contributed by atoms with Crippen molar-refractivity contribution in [1.82, 2.24) is 10.2 Å². The molecule has 0 aromatic heterocycles. The lowest BCUT2D eigenvalue weighted by Gasteiger charge is -2.32. The summed E-state index contributed by atoms with van der Waals surface area (Å²) < 4.78 is 0. The zero-order valence-corrected chi connectivity index (χ0v) is 11.2. The Balaban J connectivity index is 1.95. The van der Waals surface area contributed by atoms with Crippen LogP contribution in [-0.4, -0.2) is 42.0 Å². The highest BCUT2D eigenvalue weighted by Crippen LogP contribution is 2.26. The lowest BCUT2D eigenvalue weighted by atomic mass is 10.0. The smallest absolute Gasteiger partial charge is 0.238 e. The maximum atomic E-state index is 11.7. The van der Waals surface area contributed by atoms with Gasteiger partial charge in [0.15, 0.2) is 0 Å². The molecule has 0 radical (unpaired) electrons. The standard InChI is InChI=1S/C13H25N3O/c1-9-6-16(7-10(9)2)8-13(3,12(14)17)15-11-4-5-11/h9-11,15H,4-8H2,1-3H3,(H2,14,17). The van der Waals surface area contributed by atoms with Crippen LogP contribution >= 0.6 is 0 Å². The molecule has 1 amide bonds. The van der Waals surface area contributed by atoms with Crippen LogP contribution in [0.2, 0.25) is 0 Å². The minimum Gasteiger partial charge on any atom is -0.368 e. The Morgan fingerprint density at radius 2 is 1.88 bits per heavy atom. The fourth-order valence-electron chi connectivity index (χ4n) is 2.70. The van der Waals surface area contributed by atoms with Gasteiger partial charge < -0.3 is 10.6 Å². The van der Waals surface area contributed by atoms with Crippen LogP contribution in [0.25, 0.3) is 0 Å². The molecule has 0 aromatic carbocycles. The van der Waals surface area contributed by atoms with Crippen LogP contribution in [0.1, 0.15) is 33.6 Å². The van der Waals surface area contributed by atoms with E-state index in [0.29, 0.717) is 17.9 Å². The number of primary amides is 1. The Kier molecular flexibility index (Phi) is 3.46. The summed E-state index contributed by atoms with van der Waals surface area (Å²) in [5.74, 6) is 1.21. The molecule has 4 heteroatoms.